The molecule has 19 heavy (non-hydrogen) atoms. The average molecular weight is 285 g/mol. The Bertz CT molecular complexity index is 467. The van der Waals surface area contributed by atoms with E-state index in [1.54, 1.807) is 22.5 Å². The first-order chi connectivity index (χ1) is 9.06. The fourth-order valence-electron chi connectivity index (χ4n) is 1.81. The molecule has 0 saturated carbocycles. The summed E-state index contributed by atoms with van der Waals surface area (Å²) in [4.78, 5) is 0. The third-order valence-electron chi connectivity index (χ3n) is 2.77. The lowest BCUT2D eigenvalue weighted by Crippen LogP contribution is -2.36. The molecule has 106 valence electrons. The van der Waals surface area contributed by atoms with Crippen molar-refractivity contribution < 1.29 is 12.8 Å². The second-order valence-electron chi connectivity index (χ2n) is 4.32. The van der Waals surface area contributed by atoms with E-state index in [1.807, 2.05) is 0 Å². The lowest BCUT2D eigenvalue weighted by atomic mass is 10.2. The van der Waals surface area contributed by atoms with Gasteiger partial charge in [-0.25, -0.2) is 17.1 Å². The van der Waals surface area contributed by atoms with E-state index in [-0.39, 0.29) is 11.6 Å². The summed E-state index contributed by atoms with van der Waals surface area (Å²) >= 11 is 0. The van der Waals surface area contributed by atoms with Crippen molar-refractivity contribution in [2.24, 2.45) is 0 Å². The second kappa shape index (κ2) is 8.07. The standard InChI is InChI=1S/C8H15NO2S.C6H5F/c1-2-8-12(10,11)9-6-4-3-5-7-9;7-6-4-2-1-3-5-6/h2H,1,3-8H2;1-5H. The Labute approximate surface area is 114 Å². The number of halogens is 1. The van der Waals surface area contributed by atoms with Crippen molar-refractivity contribution in [3.05, 3.63) is 48.8 Å². The Morgan fingerprint density at radius 2 is 1.74 bits per heavy atom. The summed E-state index contributed by atoms with van der Waals surface area (Å²) in [6.45, 7) is 4.82. The summed E-state index contributed by atoms with van der Waals surface area (Å²) in [5.41, 5.74) is 0. The highest BCUT2D eigenvalue weighted by Crippen LogP contribution is 2.13. The van der Waals surface area contributed by atoms with E-state index in [1.165, 1.54) is 18.2 Å². The fourth-order valence-corrected chi connectivity index (χ4v) is 3.14. The van der Waals surface area contributed by atoms with Crippen molar-refractivity contribution in [1.29, 1.82) is 0 Å². The molecule has 5 heteroatoms. The molecule has 2 rings (SSSR count). The van der Waals surface area contributed by atoms with Crippen LogP contribution in [0, 0.1) is 5.82 Å². The van der Waals surface area contributed by atoms with Crippen LogP contribution in [0.3, 0.4) is 0 Å². The molecule has 0 N–H and O–H groups in total. The van der Waals surface area contributed by atoms with Crippen LogP contribution in [0.5, 0.6) is 0 Å². The summed E-state index contributed by atoms with van der Waals surface area (Å²) < 4.78 is 36.4. The van der Waals surface area contributed by atoms with Gasteiger partial charge in [-0.1, -0.05) is 30.7 Å². The molecule has 1 heterocycles. The molecule has 0 aromatic heterocycles. The maximum Gasteiger partial charge on any atom is 0.217 e. The summed E-state index contributed by atoms with van der Waals surface area (Å²) in [5, 5.41) is 0. The van der Waals surface area contributed by atoms with Crippen molar-refractivity contribution in [1.82, 2.24) is 4.31 Å². The van der Waals surface area contributed by atoms with E-state index in [4.69, 9.17) is 0 Å². The minimum absolute atomic E-state index is 0.0764. The van der Waals surface area contributed by atoms with Gasteiger partial charge < -0.3 is 0 Å². The quantitative estimate of drug-likeness (QED) is 0.801. The number of benzene rings is 1. The third kappa shape index (κ3) is 5.98. The van der Waals surface area contributed by atoms with Gasteiger partial charge >= 0.3 is 0 Å². The van der Waals surface area contributed by atoms with Crippen LogP contribution in [0.4, 0.5) is 4.39 Å². The van der Waals surface area contributed by atoms with Crippen LogP contribution in [-0.4, -0.2) is 31.6 Å². The highest BCUT2D eigenvalue weighted by atomic mass is 32.2. The van der Waals surface area contributed by atoms with Crippen LogP contribution in [0.25, 0.3) is 0 Å². The van der Waals surface area contributed by atoms with Crippen LogP contribution in [-0.2, 0) is 10.0 Å². The molecule has 1 saturated heterocycles. The Morgan fingerprint density at radius 1 is 1.16 bits per heavy atom. The average Bonchev–Trinajstić information content (AvgIpc) is 2.41. The van der Waals surface area contributed by atoms with Gasteiger partial charge in [0.05, 0.1) is 5.75 Å². The Balaban J connectivity index is 0.000000218. The predicted octanol–water partition coefficient (Wildman–Crippen LogP) is 2.81. The van der Waals surface area contributed by atoms with Crippen molar-refractivity contribution in [3.8, 4) is 0 Å². The molecule has 0 aliphatic carbocycles. The number of piperidine rings is 1. The smallest absolute Gasteiger partial charge is 0.212 e. The first-order valence-corrected chi connectivity index (χ1v) is 7.96. The highest BCUT2D eigenvalue weighted by molar-refractivity contribution is 7.89. The SMILES string of the molecule is C=CCS(=O)(=O)N1CCCCC1.Fc1ccccc1. The fraction of sp³-hybridized carbons (Fsp3) is 0.429. The monoisotopic (exact) mass is 285 g/mol. The number of hydrogen-bond donors (Lipinski definition) is 0. The molecule has 0 bridgehead atoms. The zero-order chi connectivity index (χ0) is 14.1. The predicted molar refractivity (Wildman–Crippen MR) is 75.8 cm³/mol. The maximum atomic E-state index is 11.9. The van der Waals surface area contributed by atoms with Gasteiger partial charge in [0.1, 0.15) is 5.82 Å². The van der Waals surface area contributed by atoms with Crippen LogP contribution in [0.1, 0.15) is 19.3 Å². The van der Waals surface area contributed by atoms with Gasteiger partial charge in [-0.15, -0.1) is 6.58 Å². The Kier molecular flexibility index (Phi) is 6.73. The second-order valence-corrected chi connectivity index (χ2v) is 6.34. The minimum atomic E-state index is -3.02. The van der Waals surface area contributed by atoms with Crippen LogP contribution >= 0.6 is 0 Å². The number of nitrogens with zero attached hydrogens (tertiary/aromatic N) is 1. The van der Waals surface area contributed by atoms with E-state index in [0.29, 0.717) is 13.1 Å². The van der Waals surface area contributed by atoms with E-state index in [0.717, 1.165) is 19.3 Å². The molecule has 1 aliphatic heterocycles. The normalized spacial score (nSPS) is 16.3. The van der Waals surface area contributed by atoms with Crippen LogP contribution in [0.15, 0.2) is 43.0 Å². The molecular weight excluding hydrogens is 265 g/mol. The summed E-state index contributed by atoms with van der Waals surface area (Å²) in [7, 11) is -3.02. The van der Waals surface area contributed by atoms with E-state index < -0.39 is 10.0 Å². The molecule has 1 aromatic carbocycles. The van der Waals surface area contributed by atoms with Gasteiger partial charge in [0.25, 0.3) is 0 Å². The van der Waals surface area contributed by atoms with Crippen LogP contribution < -0.4 is 0 Å². The molecule has 1 aromatic rings. The van der Waals surface area contributed by atoms with E-state index in [2.05, 4.69) is 6.58 Å². The number of rotatable bonds is 3. The zero-order valence-electron chi connectivity index (χ0n) is 11.0. The van der Waals surface area contributed by atoms with Gasteiger partial charge in [0.2, 0.25) is 10.0 Å². The van der Waals surface area contributed by atoms with E-state index in [9.17, 15) is 12.8 Å². The summed E-state index contributed by atoms with van der Waals surface area (Å²) in [6.07, 6.45) is 4.59. The molecular formula is C14H20FNO2S. The lowest BCUT2D eigenvalue weighted by Gasteiger charge is -2.25. The van der Waals surface area contributed by atoms with Gasteiger partial charge in [0, 0.05) is 13.1 Å². The third-order valence-corrected chi connectivity index (χ3v) is 4.58. The molecule has 0 atom stereocenters. The van der Waals surface area contributed by atoms with Crippen molar-refractivity contribution in [2.45, 2.75) is 19.3 Å². The summed E-state index contributed by atoms with van der Waals surface area (Å²) in [5.74, 6) is -0.102. The van der Waals surface area contributed by atoms with Gasteiger partial charge in [-0.3, -0.25) is 0 Å². The van der Waals surface area contributed by atoms with Crippen LogP contribution in [0.2, 0.25) is 0 Å². The van der Waals surface area contributed by atoms with Gasteiger partial charge in [-0.2, -0.15) is 0 Å². The molecule has 3 nitrogen and oxygen atoms in total. The Hall–Kier alpha value is -1.20. The molecule has 0 amide bonds. The van der Waals surface area contributed by atoms with Crippen molar-refractivity contribution in [3.63, 3.8) is 0 Å². The molecule has 0 unspecified atom stereocenters. The minimum Gasteiger partial charge on any atom is -0.212 e. The lowest BCUT2D eigenvalue weighted by molar-refractivity contribution is 0.348. The number of sulfonamides is 1. The first-order valence-electron chi connectivity index (χ1n) is 6.35. The van der Waals surface area contributed by atoms with Crippen molar-refractivity contribution >= 4 is 10.0 Å². The molecule has 0 spiro atoms. The first kappa shape index (κ1) is 15.9. The molecule has 1 fully saturated rings. The van der Waals surface area contributed by atoms with E-state index >= 15 is 0 Å². The summed E-state index contributed by atoms with van der Waals surface area (Å²) in [6, 6.07) is 7.94. The van der Waals surface area contributed by atoms with Gasteiger partial charge in [0.15, 0.2) is 0 Å². The van der Waals surface area contributed by atoms with Gasteiger partial charge in [-0.05, 0) is 25.0 Å². The largest absolute Gasteiger partial charge is 0.217 e. The highest BCUT2D eigenvalue weighted by Gasteiger charge is 2.21. The molecule has 1 aliphatic rings. The molecule has 0 radical (unpaired) electrons. The zero-order valence-corrected chi connectivity index (χ0v) is 11.8. The van der Waals surface area contributed by atoms with Crippen molar-refractivity contribution in [2.75, 3.05) is 18.8 Å². The topological polar surface area (TPSA) is 37.4 Å². The Morgan fingerprint density at radius 3 is 2.16 bits per heavy atom. The maximum absolute atomic E-state index is 11.9. The number of hydrogen-bond acceptors (Lipinski definition) is 2.